The lowest BCUT2D eigenvalue weighted by atomic mass is 10.0. The lowest BCUT2D eigenvalue weighted by Gasteiger charge is -2.29. The molecule has 15 nitrogen and oxygen atoms in total. The molecule has 49 heavy (non-hydrogen) atoms. The van der Waals surface area contributed by atoms with Gasteiger partial charge in [-0.1, -0.05) is 30.3 Å². The van der Waals surface area contributed by atoms with Crippen LogP contribution in [-0.2, 0) is 35.2 Å². The molecule has 2 rings (SSSR count). The summed E-state index contributed by atoms with van der Waals surface area (Å²) in [4.78, 5) is 81.2. The van der Waals surface area contributed by atoms with Crippen LogP contribution in [0.2, 0.25) is 0 Å². The van der Waals surface area contributed by atoms with Gasteiger partial charge >= 0.3 is 0 Å². The summed E-state index contributed by atoms with van der Waals surface area (Å²) in [6.07, 6.45) is 3.13. The number of rotatable bonds is 22. The number of hydrogen-bond acceptors (Lipinski definition) is 11. The molecule has 5 atom stereocenters. The van der Waals surface area contributed by atoms with Crippen molar-refractivity contribution in [3.63, 3.8) is 0 Å². The largest absolute Gasteiger partial charge is 0.368 e. The van der Waals surface area contributed by atoms with Gasteiger partial charge in [0.1, 0.15) is 24.2 Å². The Morgan fingerprint density at radius 3 is 2.02 bits per heavy atom. The monoisotopic (exact) mass is 723 g/mol. The molecule has 1 heterocycles. The summed E-state index contributed by atoms with van der Waals surface area (Å²) in [5.74, 6) is -2.09. The average molecular weight is 724 g/mol. The van der Waals surface area contributed by atoms with Gasteiger partial charge in [0.05, 0.1) is 12.6 Å². The fourth-order valence-electron chi connectivity index (χ4n) is 5.17. The second kappa shape index (κ2) is 22.4. The first kappa shape index (κ1) is 41.8. The third kappa shape index (κ3) is 14.2. The molecule has 1 aromatic rings. The summed E-state index contributed by atoms with van der Waals surface area (Å²) in [5, 5.41) is 10.8. The zero-order valence-electron chi connectivity index (χ0n) is 28.4. The van der Waals surface area contributed by atoms with Crippen LogP contribution in [0, 0.1) is 0 Å². The van der Waals surface area contributed by atoms with Crippen molar-refractivity contribution in [1.82, 2.24) is 31.1 Å². The van der Waals surface area contributed by atoms with Crippen molar-refractivity contribution in [3.05, 3.63) is 35.9 Å². The molecule has 10 N–H and O–H groups in total. The quantitative estimate of drug-likeness (QED) is 0.0499. The van der Waals surface area contributed by atoms with Crippen LogP contribution in [-0.4, -0.2) is 127 Å². The zero-order valence-corrected chi connectivity index (χ0v) is 30.1. The average Bonchev–Trinajstić information content (AvgIpc) is 3.52. The predicted octanol–water partition coefficient (Wildman–Crippen LogP) is -1.70. The number of carbonyl (C=O) groups excluding carboxylic acids is 6. The third-order valence-electron chi connectivity index (χ3n) is 8.26. The van der Waals surface area contributed by atoms with Crippen molar-refractivity contribution in [3.8, 4) is 0 Å². The number of carbonyl (C=O) groups is 6. The van der Waals surface area contributed by atoms with Crippen molar-refractivity contribution in [2.75, 3.05) is 51.1 Å². The second-order valence-electron chi connectivity index (χ2n) is 12.0. The van der Waals surface area contributed by atoms with Gasteiger partial charge in [0.25, 0.3) is 0 Å². The maximum Gasteiger partial charge on any atom is 0.244 e. The van der Waals surface area contributed by atoms with E-state index >= 15 is 0 Å². The molecule has 0 aliphatic carbocycles. The van der Waals surface area contributed by atoms with Crippen LogP contribution in [0.15, 0.2) is 30.3 Å². The first-order valence-corrected chi connectivity index (χ1v) is 18.3. The highest BCUT2D eigenvalue weighted by atomic mass is 32.2. The van der Waals surface area contributed by atoms with E-state index in [0.717, 1.165) is 10.5 Å². The van der Waals surface area contributed by atoms with Crippen LogP contribution < -0.4 is 38.5 Å². The number of nitrogens with one attached hydrogen (secondary N) is 4. The molecule has 1 saturated heterocycles. The Morgan fingerprint density at radius 2 is 1.49 bits per heavy atom. The summed E-state index contributed by atoms with van der Waals surface area (Å²) >= 11 is 5.91. The highest BCUT2D eigenvalue weighted by molar-refractivity contribution is 7.99. The van der Waals surface area contributed by atoms with E-state index in [0.29, 0.717) is 56.8 Å². The molecular weight excluding hydrogens is 671 g/mol. The second-order valence-corrected chi connectivity index (χ2v) is 13.4. The molecule has 6 amide bonds. The van der Waals surface area contributed by atoms with Crippen LogP contribution in [0.1, 0.15) is 44.1 Å². The topological polar surface area (TPSA) is 235 Å². The standard InChI is InChI=1S/C32H53N9O6S2/c1-40-20-49-19-26(40)32(47)37-22(12-6-8-14-33)29(44)36-17-27(42)41(2)25(18-48)31(46)38-23(13-7-9-15-34)30(45)39-24(28(35)43)16-21-10-4-3-5-11-21/h3-5,10-11,22-26,48H,6-9,12-20,33-34H2,1-2H3,(H2,35,43)(H,36,44)(H,37,47)(H,38,46)(H,39,45)/t22-,23-,24-,25-,26-/m0/s1. The van der Waals surface area contributed by atoms with E-state index in [-0.39, 0.29) is 30.5 Å². The molecule has 0 bridgehead atoms. The van der Waals surface area contributed by atoms with Gasteiger partial charge in [0.15, 0.2) is 0 Å². The first-order chi connectivity index (χ1) is 23.4. The fraction of sp³-hybridized carbons (Fsp3) is 0.625. The van der Waals surface area contributed by atoms with E-state index in [1.807, 2.05) is 30.1 Å². The van der Waals surface area contributed by atoms with Gasteiger partial charge in [0, 0.05) is 30.9 Å². The molecule has 1 aromatic carbocycles. The van der Waals surface area contributed by atoms with Gasteiger partial charge in [-0.2, -0.15) is 12.6 Å². The molecular formula is C32H53N9O6S2. The minimum atomic E-state index is -1.09. The SMILES string of the molecule is CN1CSC[C@H]1C(=O)N[C@@H](CCCCN)C(=O)NCC(=O)N(C)[C@@H](CS)C(=O)N[C@@H](CCCCN)C(=O)N[C@@H](Cc1ccccc1)C(N)=O. The summed E-state index contributed by atoms with van der Waals surface area (Å²) in [6, 6.07) is 4.68. The third-order valence-corrected chi connectivity index (χ3v) is 9.75. The molecule has 1 aliphatic rings. The van der Waals surface area contributed by atoms with Crippen LogP contribution >= 0.6 is 24.4 Å². The number of nitrogens with zero attached hydrogens (tertiary/aromatic N) is 2. The van der Waals surface area contributed by atoms with E-state index in [1.165, 1.54) is 7.05 Å². The van der Waals surface area contributed by atoms with Gasteiger partial charge in [-0.15, -0.1) is 11.8 Å². The van der Waals surface area contributed by atoms with Crippen LogP contribution in [0.5, 0.6) is 0 Å². The Labute approximate surface area is 298 Å². The van der Waals surface area contributed by atoms with Crippen molar-refractivity contribution in [1.29, 1.82) is 0 Å². The Bertz CT molecular complexity index is 1240. The Hall–Kier alpha value is -3.38. The van der Waals surface area contributed by atoms with Gasteiger partial charge in [0.2, 0.25) is 35.4 Å². The van der Waals surface area contributed by atoms with Gasteiger partial charge in [-0.25, -0.2) is 0 Å². The molecule has 274 valence electrons. The summed E-state index contributed by atoms with van der Waals surface area (Å²) in [6.45, 7) is 0.391. The molecule has 0 saturated carbocycles. The number of thiol groups is 1. The zero-order chi connectivity index (χ0) is 36.3. The highest BCUT2D eigenvalue weighted by Crippen LogP contribution is 2.19. The number of primary amides is 1. The predicted molar refractivity (Wildman–Crippen MR) is 193 cm³/mol. The van der Waals surface area contributed by atoms with Crippen molar-refractivity contribution in [2.24, 2.45) is 17.2 Å². The fourth-order valence-corrected chi connectivity index (χ4v) is 6.78. The summed E-state index contributed by atoms with van der Waals surface area (Å²) < 4.78 is 0. The number of unbranched alkanes of at least 4 members (excludes halogenated alkanes) is 2. The van der Waals surface area contributed by atoms with Crippen LogP contribution in [0.25, 0.3) is 0 Å². The highest BCUT2D eigenvalue weighted by Gasteiger charge is 2.33. The molecule has 0 radical (unpaired) electrons. The van der Waals surface area contributed by atoms with Crippen molar-refractivity contribution < 1.29 is 28.8 Å². The Morgan fingerprint density at radius 1 is 0.898 bits per heavy atom. The normalized spacial score (nSPS) is 16.9. The van der Waals surface area contributed by atoms with E-state index in [1.54, 1.807) is 23.9 Å². The van der Waals surface area contributed by atoms with E-state index < -0.39 is 60.2 Å². The lowest BCUT2D eigenvalue weighted by Crippen LogP contribution is -2.58. The molecule has 1 aliphatic heterocycles. The van der Waals surface area contributed by atoms with Crippen LogP contribution in [0.3, 0.4) is 0 Å². The smallest absolute Gasteiger partial charge is 0.244 e. The van der Waals surface area contributed by atoms with E-state index in [2.05, 4.69) is 33.9 Å². The summed E-state index contributed by atoms with van der Waals surface area (Å²) in [5.41, 5.74) is 17.6. The van der Waals surface area contributed by atoms with Gasteiger partial charge in [-0.05, 0) is 64.2 Å². The molecule has 0 unspecified atom stereocenters. The number of thioether (sulfide) groups is 1. The minimum Gasteiger partial charge on any atom is -0.368 e. The minimum absolute atomic E-state index is 0.0816. The Kier molecular flexibility index (Phi) is 19.1. The van der Waals surface area contributed by atoms with E-state index in [9.17, 15) is 28.8 Å². The molecule has 1 fully saturated rings. The van der Waals surface area contributed by atoms with Crippen molar-refractivity contribution in [2.45, 2.75) is 75.2 Å². The number of likely N-dealkylation sites (N-methyl/N-ethyl adjacent to an activating group) is 2. The Balaban J connectivity index is 2.06. The molecule has 0 spiro atoms. The first-order valence-electron chi connectivity index (χ1n) is 16.5. The molecule has 0 aromatic heterocycles. The van der Waals surface area contributed by atoms with E-state index in [4.69, 9.17) is 17.2 Å². The molecule has 17 heteroatoms. The number of benzene rings is 1. The maximum atomic E-state index is 13.4. The van der Waals surface area contributed by atoms with Crippen LogP contribution in [0.4, 0.5) is 0 Å². The van der Waals surface area contributed by atoms with Gasteiger partial charge in [-0.3, -0.25) is 33.7 Å². The maximum absolute atomic E-state index is 13.4. The number of hydrogen-bond donors (Lipinski definition) is 8. The lowest BCUT2D eigenvalue weighted by molar-refractivity contribution is -0.140. The summed E-state index contributed by atoms with van der Waals surface area (Å²) in [7, 11) is 3.24. The van der Waals surface area contributed by atoms with Crippen molar-refractivity contribution >= 4 is 59.8 Å². The van der Waals surface area contributed by atoms with Gasteiger partial charge < -0.3 is 43.4 Å². The number of amides is 6. The number of nitrogens with two attached hydrogens (primary N) is 3.